The van der Waals surface area contributed by atoms with E-state index in [-0.39, 0.29) is 5.92 Å². The van der Waals surface area contributed by atoms with E-state index in [1.165, 1.54) is 10.8 Å². The van der Waals surface area contributed by atoms with Gasteiger partial charge in [-0.15, -0.1) is 0 Å². The number of aromatic nitrogens is 2. The Morgan fingerprint density at radius 1 is 0.952 bits per heavy atom. The summed E-state index contributed by atoms with van der Waals surface area (Å²) in [5.74, 6) is 1.70. The minimum absolute atomic E-state index is 0.237. The van der Waals surface area contributed by atoms with Gasteiger partial charge in [0.15, 0.2) is 0 Å². The molecule has 1 heterocycles. The van der Waals surface area contributed by atoms with Gasteiger partial charge in [0.25, 0.3) is 0 Å². The standard InChI is InChI=1S/C17H16ClN3/c1-11(2)17-20-15(18)10-16(21-17)19-14-8-7-12-5-3-4-6-13(12)9-14/h3-11H,1-2H3,(H,19,20,21). The second kappa shape index (κ2) is 5.70. The molecule has 0 unspecified atom stereocenters. The Labute approximate surface area is 129 Å². The Kier molecular flexibility index (Phi) is 3.76. The zero-order chi connectivity index (χ0) is 14.8. The normalized spacial score (nSPS) is 11.0. The first kappa shape index (κ1) is 13.8. The number of halogens is 1. The van der Waals surface area contributed by atoms with Gasteiger partial charge in [0.2, 0.25) is 0 Å². The largest absolute Gasteiger partial charge is 0.340 e. The number of nitrogens with one attached hydrogen (secondary N) is 1. The van der Waals surface area contributed by atoms with E-state index in [1.807, 2.05) is 32.0 Å². The van der Waals surface area contributed by atoms with Crippen molar-refractivity contribution >= 4 is 33.9 Å². The van der Waals surface area contributed by atoms with Crippen molar-refractivity contribution in [2.24, 2.45) is 0 Å². The third-order valence-electron chi connectivity index (χ3n) is 3.25. The van der Waals surface area contributed by atoms with Gasteiger partial charge in [-0.1, -0.05) is 55.8 Å². The Hall–Kier alpha value is -2.13. The maximum absolute atomic E-state index is 6.06. The second-order valence-corrected chi connectivity index (χ2v) is 5.66. The molecule has 0 saturated carbocycles. The van der Waals surface area contributed by atoms with Crippen LogP contribution in [0, 0.1) is 0 Å². The predicted octanol–water partition coefficient (Wildman–Crippen LogP) is 5.15. The van der Waals surface area contributed by atoms with Gasteiger partial charge in [0.1, 0.15) is 16.8 Å². The highest BCUT2D eigenvalue weighted by atomic mass is 35.5. The molecule has 2 aromatic carbocycles. The minimum atomic E-state index is 0.237. The van der Waals surface area contributed by atoms with Crippen molar-refractivity contribution in [3.63, 3.8) is 0 Å². The number of hydrogen-bond donors (Lipinski definition) is 1. The lowest BCUT2D eigenvalue weighted by atomic mass is 10.1. The first-order chi connectivity index (χ1) is 10.1. The maximum atomic E-state index is 6.06. The molecule has 21 heavy (non-hydrogen) atoms. The van der Waals surface area contributed by atoms with Gasteiger partial charge < -0.3 is 5.32 Å². The van der Waals surface area contributed by atoms with Crippen molar-refractivity contribution in [1.29, 1.82) is 0 Å². The molecule has 3 nitrogen and oxygen atoms in total. The summed E-state index contributed by atoms with van der Waals surface area (Å²) in [6.07, 6.45) is 0. The predicted molar refractivity (Wildman–Crippen MR) is 88.4 cm³/mol. The van der Waals surface area contributed by atoms with Crippen LogP contribution in [-0.4, -0.2) is 9.97 Å². The van der Waals surface area contributed by atoms with Gasteiger partial charge in [-0.3, -0.25) is 0 Å². The Balaban J connectivity index is 1.94. The third-order valence-corrected chi connectivity index (χ3v) is 3.44. The van der Waals surface area contributed by atoms with Crippen molar-refractivity contribution in [1.82, 2.24) is 9.97 Å². The fraction of sp³-hybridized carbons (Fsp3) is 0.176. The van der Waals surface area contributed by atoms with Gasteiger partial charge in [0, 0.05) is 17.7 Å². The highest BCUT2D eigenvalue weighted by molar-refractivity contribution is 6.29. The molecule has 1 aromatic heterocycles. The van der Waals surface area contributed by atoms with Crippen LogP contribution in [0.4, 0.5) is 11.5 Å². The van der Waals surface area contributed by atoms with Crippen LogP contribution < -0.4 is 5.32 Å². The molecule has 0 bridgehead atoms. The molecule has 0 aliphatic carbocycles. The Bertz CT molecular complexity index is 784. The van der Waals surface area contributed by atoms with Gasteiger partial charge in [-0.25, -0.2) is 9.97 Å². The molecular formula is C17H16ClN3. The molecule has 0 amide bonds. The third kappa shape index (κ3) is 3.14. The van der Waals surface area contributed by atoms with Crippen LogP contribution in [-0.2, 0) is 0 Å². The van der Waals surface area contributed by atoms with E-state index in [2.05, 4.69) is 39.6 Å². The number of nitrogens with zero attached hydrogens (tertiary/aromatic N) is 2. The number of benzene rings is 2. The summed E-state index contributed by atoms with van der Waals surface area (Å²) >= 11 is 6.06. The number of rotatable bonds is 3. The molecule has 0 fully saturated rings. The minimum Gasteiger partial charge on any atom is -0.340 e. The fourth-order valence-electron chi connectivity index (χ4n) is 2.17. The fourth-order valence-corrected chi connectivity index (χ4v) is 2.36. The van der Waals surface area contributed by atoms with Crippen molar-refractivity contribution < 1.29 is 0 Å². The van der Waals surface area contributed by atoms with Crippen LogP contribution in [0.25, 0.3) is 10.8 Å². The van der Waals surface area contributed by atoms with Crippen molar-refractivity contribution in [2.75, 3.05) is 5.32 Å². The first-order valence-electron chi connectivity index (χ1n) is 6.92. The molecule has 106 valence electrons. The lowest BCUT2D eigenvalue weighted by Gasteiger charge is -2.10. The van der Waals surface area contributed by atoms with Gasteiger partial charge in [-0.2, -0.15) is 0 Å². The van der Waals surface area contributed by atoms with Gasteiger partial charge in [-0.05, 0) is 22.9 Å². The zero-order valence-corrected chi connectivity index (χ0v) is 12.7. The molecule has 0 radical (unpaired) electrons. The summed E-state index contributed by atoms with van der Waals surface area (Å²) in [5, 5.41) is 6.15. The number of anilines is 2. The number of hydrogen-bond acceptors (Lipinski definition) is 3. The molecule has 0 saturated heterocycles. The SMILES string of the molecule is CC(C)c1nc(Cl)cc(Nc2ccc3ccccc3c2)n1. The lowest BCUT2D eigenvalue weighted by Crippen LogP contribution is -2.02. The van der Waals surface area contributed by atoms with Gasteiger partial charge >= 0.3 is 0 Å². The summed E-state index contributed by atoms with van der Waals surface area (Å²) in [7, 11) is 0. The van der Waals surface area contributed by atoms with E-state index in [1.54, 1.807) is 6.07 Å². The van der Waals surface area contributed by atoms with Crippen molar-refractivity contribution in [3.05, 3.63) is 59.5 Å². The topological polar surface area (TPSA) is 37.8 Å². The second-order valence-electron chi connectivity index (χ2n) is 5.28. The van der Waals surface area contributed by atoms with Gasteiger partial charge in [0.05, 0.1) is 0 Å². The summed E-state index contributed by atoms with van der Waals surface area (Å²) in [5.41, 5.74) is 0.984. The molecule has 0 atom stereocenters. The van der Waals surface area contributed by atoms with E-state index in [4.69, 9.17) is 11.6 Å². The van der Waals surface area contributed by atoms with E-state index < -0.39 is 0 Å². The first-order valence-corrected chi connectivity index (χ1v) is 7.30. The summed E-state index contributed by atoms with van der Waals surface area (Å²) in [4.78, 5) is 8.74. The van der Waals surface area contributed by atoms with Crippen molar-refractivity contribution in [2.45, 2.75) is 19.8 Å². The highest BCUT2D eigenvalue weighted by Gasteiger charge is 2.07. The molecule has 1 N–H and O–H groups in total. The van der Waals surface area contributed by atoms with Crippen LogP contribution >= 0.6 is 11.6 Å². The van der Waals surface area contributed by atoms with Crippen LogP contribution in [0.3, 0.4) is 0 Å². The highest BCUT2D eigenvalue weighted by Crippen LogP contribution is 2.23. The van der Waals surface area contributed by atoms with Crippen molar-refractivity contribution in [3.8, 4) is 0 Å². The molecule has 0 aliphatic heterocycles. The van der Waals surface area contributed by atoms with E-state index in [0.717, 1.165) is 11.5 Å². The van der Waals surface area contributed by atoms with E-state index in [9.17, 15) is 0 Å². The van der Waals surface area contributed by atoms with Crippen LogP contribution in [0.2, 0.25) is 5.15 Å². The summed E-state index contributed by atoms with van der Waals surface area (Å²) in [6, 6.07) is 16.2. The Morgan fingerprint density at radius 3 is 2.48 bits per heavy atom. The average Bonchev–Trinajstić information content (AvgIpc) is 2.46. The zero-order valence-electron chi connectivity index (χ0n) is 12.0. The summed E-state index contributed by atoms with van der Waals surface area (Å²) < 4.78 is 0. The summed E-state index contributed by atoms with van der Waals surface area (Å²) in [6.45, 7) is 4.09. The molecular weight excluding hydrogens is 282 g/mol. The molecule has 3 rings (SSSR count). The van der Waals surface area contributed by atoms with E-state index in [0.29, 0.717) is 11.0 Å². The van der Waals surface area contributed by atoms with Crippen LogP contribution in [0.5, 0.6) is 0 Å². The molecule has 3 aromatic rings. The van der Waals surface area contributed by atoms with Crippen LogP contribution in [0.15, 0.2) is 48.5 Å². The maximum Gasteiger partial charge on any atom is 0.135 e. The Morgan fingerprint density at radius 2 is 1.71 bits per heavy atom. The van der Waals surface area contributed by atoms with Crippen LogP contribution in [0.1, 0.15) is 25.6 Å². The monoisotopic (exact) mass is 297 g/mol. The quantitative estimate of drug-likeness (QED) is 0.679. The number of fused-ring (bicyclic) bond motifs is 1. The molecule has 0 spiro atoms. The lowest BCUT2D eigenvalue weighted by molar-refractivity contribution is 0.776. The smallest absolute Gasteiger partial charge is 0.135 e. The average molecular weight is 298 g/mol. The molecule has 4 heteroatoms. The van der Waals surface area contributed by atoms with E-state index >= 15 is 0 Å². The molecule has 0 aliphatic rings.